The van der Waals surface area contributed by atoms with E-state index in [9.17, 15) is 9.18 Å². The van der Waals surface area contributed by atoms with Crippen molar-refractivity contribution in [3.8, 4) is 0 Å². The molecule has 2 unspecified atom stereocenters. The lowest BCUT2D eigenvalue weighted by Gasteiger charge is -2.13. The average Bonchev–Trinajstić information content (AvgIpc) is 1.87. The molecule has 4 heteroatoms. The van der Waals surface area contributed by atoms with E-state index in [4.69, 9.17) is 5.73 Å². The highest BCUT2D eigenvalue weighted by atomic mass is 19.1. The summed E-state index contributed by atoms with van der Waals surface area (Å²) in [5, 5.41) is 2.68. The fourth-order valence-corrected chi connectivity index (χ4v) is 0.553. The van der Waals surface area contributed by atoms with Crippen LogP contribution in [0.3, 0.4) is 0 Å². The number of carbonyl (C=O) groups excluding carboxylic acids is 1. The standard InChI is InChI=1S/C6H13FN2O/c1-4(3-7)9-5(2)6(8)10/h4-5,9H,3H2,1-2H3,(H2,8,10). The second kappa shape index (κ2) is 4.22. The highest BCUT2D eigenvalue weighted by Crippen LogP contribution is 1.86. The predicted molar refractivity (Wildman–Crippen MR) is 37.2 cm³/mol. The first-order valence-electron chi connectivity index (χ1n) is 3.19. The van der Waals surface area contributed by atoms with E-state index in [0.29, 0.717) is 0 Å². The summed E-state index contributed by atoms with van der Waals surface area (Å²) in [7, 11) is 0. The fraction of sp³-hybridized carbons (Fsp3) is 0.833. The molecule has 0 aliphatic rings. The topological polar surface area (TPSA) is 55.1 Å². The maximum atomic E-state index is 11.8. The average molecular weight is 148 g/mol. The maximum Gasteiger partial charge on any atom is 0.234 e. The lowest BCUT2D eigenvalue weighted by molar-refractivity contribution is -0.119. The Bertz CT molecular complexity index is 118. The van der Waals surface area contributed by atoms with Gasteiger partial charge in [-0.1, -0.05) is 0 Å². The van der Waals surface area contributed by atoms with Gasteiger partial charge in [-0.25, -0.2) is 4.39 Å². The van der Waals surface area contributed by atoms with E-state index < -0.39 is 18.6 Å². The molecule has 0 aromatic rings. The van der Waals surface area contributed by atoms with Crippen molar-refractivity contribution in [2.75, 3.05) is 6.67 Å². The van der Waals surface area contributed by atoms with Crippen LogP contribution in [0.4, 0.5) is 4.39 Å². The molecular weight excluding hydrogens is 135 g/mol. The van der Waals surface area contributed by atoms with E-state index in [1.165, 1.54) is 0 Å². The van der Waals surface area contributed by atoms with Crippen molar-refractivity contribution in [3.63, 3.8) is 0 Å². The number of nitrogens with one attached hydrogen (secondary N) is 1. The zero-order valence-corrected chi connectivity index (χ0v) is 6.23. The number of primary amides is 1. The molecule has 0 bridgehead atoms. The van der Waals surface area contributed by atoms with E-state index >= 15 is 0 Å². The molecule has 0 aliphatic heterocycles. The lowest BCUT2D eigenvalue weighted by Crippen LogP contribution is -2.44. The van der Waals surface area contributed by atoms with Crippen molar-refractivity contribution in [2.45, 2.75) is 25.9 Å². The SMILES string of the molecule is CC(CF)NC(C)C(N)=O. The molecule has 2 atom stereocenters. The highest BCUT2D eigenvalue weighted by molar-refractivity contribution is 5.79. The molecule has 60 valence electrons. The molecule has 0 spiro atoms. The Morgan fingerprint density at radius 1 is 1.70 bits per heavy atom. The third-order valence-corrected chi connectivity index (χ3v) is 1.19. The second-order valence-corrected chi connectivity index (χ2v) is 2.35. The minimum atomic E-state index is -0.488. The van der Waals surface area contributed by atoms with Crippen LogP contribution >= 0.6 is 0 Å². The van der Waals surface area contributed by atoms with Crippen LogP contribution in [0.15, 0.2) is 0 Å². The van der Waals surface area contributed by atoms with Gasteiger partial charge in [0.25, 0.3) is 0 Å². The summed E-state index contributed by atoms with van der Waals surface area (Å²) in [6, 6.07) is -0.756. The van der Waals surface area contributed by atoms with Gasteiger partial charge < -0.3 is 11.1 Å². The van der Waals surface area contributed by atoms with Crippen LogP contribution in [0.2, 0.25) is 0 Å². The zero-order valence-electron chi connectivity index (χ0n) is 6.23. The highest BCUT2D eigenvalue weighted by Gasteiger charge is 2.10. The molecule has 0 rings (SSSR count). The predicted octanol–water partition coefficient (Wildman–Crippen LogP) is -0.192. The minimum Gasteiger partial charge on any atom is -0.368 e. The summed E-state index contributed by atoms with van der Waals surface area (Å²) in [5.74, 6) is -0.458. The quantitative estimate of drug-likeness (QED) is 0.580. The third kappa shape index (κ3) is 3.40. The van der Waals surface area contributed by atoms with Crippen LogP contribution in [0.1, 0.15) is 13.8 Å². The largest absolute Gasteiger partial charge is 0.368 e. The number of nitrogens with two attached hydrogens (primary N) is 1. The first kappa shape index (κ1) is 9.36. The van der Waals surface area contributed by atoms with Gasteiger partial charge in [0.05, 0.1) is 6.04 Å². The minimum absolute atomic E-state index is 0.303. The van der Waals surface area contributed by atoms with Crippen molar-refractivity contribution in [1.29, 1.82) is 0 Å². The van der Waals surface area contributed by atoms with Crippen LogP contribution in [0.5, 0.6) is 0 Å². The zero-order chi connectivity index (χ0) is 8.15. The first-order chi connectivity index (χ1) is 4.57. The summed E-state index contributed by atoms with van der Waals surface area (Å²) in [4.78, 5) is 10.4. The van der Waals surface area contributed by atoms with Gasteiger partial charge in [0, 0.05) is 6.04 Å². The number of amides is 1. The molecule has 3 nitrogen and oxygen atoms in total. The first-order valence-corrected chi connectivity index (χ1v) is 3.19. The number of hydrogen-bond donors (Lipinski definition) is 2. The number of hydrogen-bond acceptors (Lipinski definition) is 2. The van der Waals surface area contributed by atoms with Crippen LogP contribution < -0.4 is 11.1 Å². The summed E-state index contributed by atoms with van der Waals surface area (Å²) >= 11 is 0. The Labute approximate surface area is 59.8 Å². The molecule has 0 saturated heterocycles. The molecule has 0 heterocycles. The van der Waals surface area contributed by atoms with Gasteiger partial charge in [0.15, 0.2) is 0 Å². The molecule has 10 heavy (non-hydrogen) atoms. The molecule has 3 N–H and O–H groups in total. The molecule has 0 aromatic carbocycles. The van der Waals surface area contributed by atoms with Crippen LogP contribution in [0.25, 0.3) is 0 Å². The third-order valence-electron chi connectivity index (χ3n) is 1.19. The van der Waals surface area contributed by atoms with Gasteiger partial charge in [-0.15, -0.1) is 0 Å². The summed E-state index contributed by atoms with van der Waals surface area (Å²) in [6.07, 6.45) is 0. The Morgan fingerprint density at radius 3 is 2.50 bits per heavy atom. The van der Waals surface area contributed by atoms with E-state index in [2.05, 4.69) is 5.32 Å². The van der Waals surface area contributed by atoms with E-state index in [1.807, 2.05) is 0 Å². The van der Waals surface area contributed by atoms with Gasteiger partial charge in [0.1, 0.15) is 6.67 Å². The fourth-order valence-electron chi connectivity index (χ4n) is 0.553. The molecule has 0 radical (unpaired) electrons. The molecule has 0 aliphatic carbocycles. The van der Waals surface area contributed by atoms with Gasteiger partial charge >= 0.3 is 0 Å². The van der Waals surface area contributed by atoms with Crippen molar-refractivity contribution in [3.05, 3.63) is 0 Å². The lowest BCUT2D eigenvalue weighted by atomic mass is 10.2. The summed E-state index contributed by atoms with van der Waals surface area (Å²) < 4.78 is 11.8. The van der Waals surface area contributed by atoms with Crippen molar-refractivity contribution in [1.82, 2.24) is 5.32 Å². The molecular formula is C6H13FN2O. The van der Waals surface area contributed by atoms with E-state index in [0.717, 1.165) is 0 Å². The van der Waals surface area contributed by atoms with Gasteiger partial charge in [0.2, 0.25) is 5.91 Å². The molecule has 0 saturated carbocycles. The van der Waals surface area contributed by atoms with Crippen LogP contribution in [-0.4, -0.2) is 24.7 Å². The van der Waals surface area contributed by atoms with Gasteiger partial charge in [-0.2, -0.15) is 0 Å². The van der Waals surface area contributed by atoms with Gasteiger partial charge in [-0.3, -0.25) is 4.79 Å². The second-order valence-electron chi connectivity index (χ2n) is 2.35. The molecule has 0 aromatic heterocycles. The number of alkyl halides is 1. The maximum absolute atomic E-state index is 11.8. The van der Waals surface area contributed by atoms with Crippen molar-refractivity contribution >= 4 is 5.91 Å². The van der Waals surface area contributed by atoms with Crippen LogP contribution in [-0.2, 0) is 4.79 Å². The monoisotopic (exact) mass is 148 g/mol. The number of rotatable bonds is 4. The Morgan fingerprint density at radius 2 is 2.20 bits per heavy atom. The summed E-state index contributed by atoms with van der Waals surface area (Å²) in [6.45, 7) is 2.77. The molecule has 1 amide bonds. The summed E-state index contributed by atoms with van der Waals surface area (Å²) in [5.41, 5.74) is 4.92. The van der Waals surface area contributed by atoms with Crippen molar-refractivity contribution in [2.24, 2.45) is 5.73 Å². The number of halogens is 1. The van der Waals surface area contributed by atoms with Crippen molar-refractivity contribution < 1.29 is 9.18 Å². The van der Waals surface area contributed by atoms with Gasteiger partial charge in [-0.05, 0) is 13.8 Å². The smallest absolute Gasteiger partial charge is 0.234 e. The normalized spacial score (nSPS) is 16.3. The number of carbonyl (C=O) groups is 1. The van der Waals surface area contributed by atoms with E-state index in [1.54, 1.807) is 13.8 Å². The Balaban J connectivity index is 3.56. The van der Waals surface area contributed by atoms with Crippen LogP contribution in [0, 0.1) is 0 Å². The van der Waals surface area contributed by atoms with E-state index in [-0.39, 0.29) is 6.04 Å². The Hall–Kier alpha value is -0.640. The molecule has 0 fully saturated rings. The Kier molecular flexibility index (Phi) is 3.95.